The first-order chi connectivity index (χ1) is 8.74. The van der Waals surface area contributed by atoms with Crippen molar-refractivity contribution >= 4 is 35.5 Å². The van der Waals surface area contributed by atoms with Crippen LogP contribution in [0.3, 0.4) is 0 Å². The molecule has 0 aromatic carbocycles. The Hall–Kier alpha value is 0.430. The Morgan fingerprint density at radius 1 is 1.00 bits per heavy atom. The van der Waals surface area contributed by atoms with Crippen LogP contribution >= 0.6 is 0 Å². The van der Waals surface area contributed by atoms with Crippen molar-refractivity contribution in [1.82, 2.24) is 5.48 Å². The molecule has 1 N–H and O–H groups in total. The van der Waals surface area contributed by atoms with Crippen LogP contribution in [-0.2, 0) is 9.63 Å². The Morgan fingerprint density at radius 3 is 2.11 bits per heavy atom. The van der Waals surface area contributed by atoms with Gasteiger partial charge >= 0.3 is 5.97 Å². The molecule has 109 valence electrons. The van der Waals surface area contributed by atoms with Gasteiger partial charge in [-0.3, -0.25) is 4.79 Å². The van der Waals surface area contributed by atoms with Gasteiger partial charge in [0.05, 0.1) is 0 Å². The molecule has 0 bridgehead atoms. The Balaban J connectivity index is 0. The van der Waals surface area contributed by atoms with Crippen LogP contribution in [0.25, 0.3) is 0 Å². The zero-order valence-corrected chi connectivity index (χ0v) is 15.5. The number of hydrogen-bond acceptors (Lipinski definition) is 3. The van der Waals surface area contributed by atoms with Gasteiger partial charge in [-0.25, -0.2) is 0 Å². The Morgan fingerprint density at radius 2 is 1.58 bits per heavy atom. The second-order valence-electron chi connectivity index (χ2n) is 4.96. The number of carbonyl (C=O) groups is 1. The van der Waals surface area contributed by atoms with Crippen molar-refractivity contribution in [2.24, 2.45) is 0 Å². The van der Waals surface area contributed by atoms with Gasteiger partial charge in [0.15, 0.2) is 0 Å². The molecule has 0 saturated heterocycles. The number of hydrogen-bond donors (Lipinski definition) is 1. The maximum absolute atomic E-state index is 11.0. The summed E-state index contributed by atoms with van der Waals surface area (Å²) in [5.41, 5.74) is 2.88. The molecule has 0 aromatic rings. The molecule has 19 heavy (non-hydrogen) atoms. The fraction of sp³-hybridized carbons (Fsp3) is 0.933. The third kappa shape index (κ3) is 14.6. The molecule has 4 heteroatoms. The summed E-state index contributed by atoms with van der Waals surface area (Å²) in [6.07, 6.45) is 11.8. The molecule has 0 heterocycles. The Labute approximate surface area is 141 Å². The summed E-state index contributed by atoms with van der Waals surface area (Å²) in [5, 5.41) is 0. The Bertz CT molecular complexity index is 201. The van der Waals surface area contributed by atoms with Gasteiger partial charge in [-0.1, -0.05) is 65.7 Å². The first kappa shape index (κ1) is 21.7. The van der Waals surface area contributed by atoms with E-state index < -0.39 is 0 Å². The summed E-state index contributed by atoms with van der Waals surface area (Å²) in [6, 6.07) is 0.316. The average molecular weight is 280 g/mol. The maximum Gasteiger partial charge on any atom is 0.324 e. The Kier molecular flexibility index (Phi) is 18.8. The van der Waals surface area contributed by atoms with Gasteiger partial charge in [-0.2, -0.15) is 5.48 Å². The van der Waals surface area contributed by atoms with Crippen LogP contribution in [0.15, 0.2) is 0 Å². The van der Waals surface area contributed by atoms with Crippen molar-refractivity contribution in [3.63, 3.8) is 0 Å². The van der Waals surface area contributed by atoms with E-state index in [4.69, 9.17) is 4.84 Å². The van der Waals surface area contributed by atoms with Crippen molar-refractivity contribution in [3.8, 4) is 0 Å². The number of rotatable bonds is 12. The van der Waals surface area contributed by atoms with Crippen LogP contribution in [-0.4, -0.2) is 41.6 Å². The molecule has 3 nitrogen and oxygen atoms in total. The minimum absolute atomic E-state index is 0. The second kappa shape index (κ2) is 16.5. The van der Waals surface area contributed by atoms with Gasteiger partial charge in [-0.05, 0) is 12.8 Å². The van der Waals surface area contributed by atoms with Crippen LogP contribution in [0.5, 0.6) is 0 Å². The first-order valence-electron chi connectivity index (χ1n) is 7.69. The summed E-state index contributed by atoms with van der Waals surface area (Å²) in [5.74, 6) is -0.173. The molecule has 0 aliphatic rings. The summed E-state index contributed by atoms with van der Waals surface area (Å²) in [6.45, 7) is 6.18. The van der Waals surface area contributed by atoms with Gasteiger partial charge < -0.3 is 4.84 Å². The molecule has 0 fully saturated rings. The van der Waals surface area contributed by atoms with Crippen molar-refractivity contribution in [1.29, 1.82) is 0 Å². The van der Waals surface area contributed by atoms with E-state index in [-0.39, 0.29) is 35.5 Å². The van der Waals surface area contributed by atoms with Crippen LogP contribution in [0, 0.1) is 0 Å². The fourth-order valence-electron chi connectivity index (χ4n) is 1.92. The van der Waals surface area contributed by atoms with Gasteiger partial charge in [0.1, 0.15) is 0 Å². The van der Waals surface area contributed by atoms with Crippen LogP contribution < -0.4 is 5.48 Å². The number of carbonyl (C=O) groups excluding carboxylic acids is 1. The second-order valence-corrected chi connectivity index (χ2v) is 4.96. The van der Waals surface area contributed by atoms with Gasteiger partial charge in [0.2, 0.25) is 0 Å². The summed E-state index contributed by atoms with van der Waals surface area (Å²) < 4.78 is 0. The van der Waals surface area contributed by atoms with E-state index in [0.717, 1.165) is 12.8 Å². The van der Waals surface area contributed by atoms with Gasteiger partial charge in [0, 0.05) is 42.0 Å². The molecule has 0 aliphatic heterocycles. The van der Waals surface area contributed by atoms with Gasteiger partial charge in [0.25, 0.3) is 0 Å². The first-order valence-corrected chi connectivity index (χ1v) is 7.69. The van der Waals surface area contributed by atoms with Gasteiger partial charge in [-0.15, -0.1) is 0 Å². The predicted octanol–water partition coefficient (Wildman–Crippen LogP) is 3.98. The zero-order valence-electron chi connectivity index (χ0n) is 13.5. The van der Waals surface area contributed by atoms with Crippen LogP contribution in [0.4, 0.5) is 0 Å². The third-order valence-corrected chi connectivity index (χ3v) is 3.28. The van der Waals surface area contributed by atoms with E-state index in [9.17, 15) is 4.79 Å². The summed E-state index contributed by atoms with van der Waals surface area (Å²) >= 11 is 0. The minimum atomic E-state index is -0.173. The number of unbranched alkanes of at least 4 members (excludes halogenated alkanes) is 6. The smallest absolute Gasteiger partial charge is 0.324 e. The van der Waals surface area contributed by atoms with Crippen LogP contribution in [0.2, 0.25) is 0 Å². The third-order valence-electron chi connectivity index (χ3n) is 3.28. The predicted molar refractivity (Wildman–Crippen MR) is 82.0 cm³/mol. The zero-order chi connectivity index (χ0) is 13.6. The molecular formula is C15H31NNaO2. The fourth-order valence-corrected chi connectivity index (χ4v) is 1.92. The average Bonchev–Trinajstić information content (AvgIpc) is 2.40. The van der Waals surface area contributed by atoms with E-state index in [1.54, 1.807) is 6.92 Å². The monoisotopic (exact) mass is 280 g/mol. The molecular weight excluding hydrogens is 249 g/mol. The summed E-state index contributed by atoms with van der Waals surface area (Å²) in [4.78, 5) is 16.0. The van der Waals surface area contributed by atoms with E-state index in [1.807, 2.05) is 0 Å². The molecule has 1 unspecified atom stereocenters. The van der Waals surface area contributed by atoms with Crippen molar-refractivity contribution in [2.75, 3.05) is 0 Å². The summed E-state index contributed by atoms with van der Waals surface area (Å²) in [7, 11) is 0. The molecule has 1 radical (unpaired) electrons. The standard InChI is InChI=1S/C15H31NO2.Na/c1-4-7-8-9-10-11-12-13-14(5-2)16-18-15(17)6-3;/h14,16H,4-13H2,1-3H3;. The quantitative estimate of drug-likeness (QED) is 0.334. The molecule has 0 rings (SSSR count). The van der Waals surface area contributed by atoms with Crippen molar-refractivity contribution in [2.45, 2.75) is 91.0 Å². The maximum atomic E-state index is 11.0. The van der Waals surface area contributed by atoms with E-state index >= 15 is 0 Å². The van der Waals surface area contributed by atoms with E-state index in [2.05, 4.69) is 19.3 Å². The molecule has 0 spiro atoms. The molecule has 0 aliphatic carbocycles. The van der Waals surface area contributed by atoms with Crippen molar-refractivity contribution in [3.05, 3.63) is 0 Å². The number of nitrogens with one attached hydrogen (secondary N) is 1. The molecule has 0 saturated carbocycles. The van der Waals surface area contributed by atoms with E-state index in [0.29, 0.717) is 12.5 Å². The topological polar surface area (TPSA) is 38.3 Å². The normalized spacial score (nSPS) is 11.7. The minimum Gasteiger partial charge on any atom is -0.370 e. The van der Waals surface area contributed by atoms with Crippen molar-refractivity contribution < 1.29 is 9.63 Å². The number of hydroxylamine groups is 1. The molecule has 0 aromatic heterocycles. The van der Waals surface area contributed by atoms with E-state index in [1.165, 1.54) is 44.9 Å². The molecule has 0 amide bonds. The molecule has 1 atom stereocenters. The van der Waals surface area contributed by atoms with Crippen LogP contribution in [0.1, 0.15) is 85.0 Å². The largest absolute Gasteiger partial charge is 0.370 e. The SMILES string of the molecule is CCCCCCCCCC(CC)NOC(=O)CC.[Na].